The summed E-state index contributed by atoms with van der Waals surface area (Å²) in [6.45, 7) is 1.02. The van der Waals surface area contributed by atoms with E-state index < -0.39 is 12.6 Å². The highest BCUT2D eigenvalue weighted by Crippen LogP contribution is 2.40. The van der Waals surface area contributed by atoms with E-state index in [-0.39, 0.29) is 12.4 Å². The molecule has 162 valence electrons. The van der Waals surface area contributed by atoms with E-state index in [1.807, 2.05) is 24.3 Å². The smallest absolute Gasteiger partial charge is 0.487 e. The predicted molar refractivity (Wildman–Crippen MR) is 107 cm³/mol. The van der Waals surface area contributed by atoms with E-state index in [1.165, 1.54) is 24.3 Å². The van der Waals surface area contributed by atoms with E-state index in [0.717, 1.165) is 16.8 Å². The lowest BCUT2D eigenvalue weighted by Gasteiger charge is -2.21. The van der Waals surface area contributed by atoms with Crippen molar-refractivity contribution in [3.8, 4) is 11.5 Å². The fourth-order valence-electron chi connectivity index (χ4n) is 3.45. The molecule has 0 saturated heterocycles. The molecular weight excluding hydrogens is 433 g/mol. The van der Waals surface area contributed by atoms with Gasteiger partial charge in [-0.3, -0.25) is 9.88 Å². The van der Waals surface area contributed by atoms with Crippen molar-refractivity contribution in [1.29, 1.82) is 0 Å². The Balaban J connectivity index is 1.43. The molecule has 31 heavy (non-hydrogen) atoms. The molecule has 5 nitrogen and oxygen atoms in total. The lowest BCUT2D eigenvalue weighted by Crippen LogP contribution is -2.21. The Morgan fingerprint density at radius 3 is 2.55 bits per heavy atom. The highest BCUT2D eigenvalue weighted by Gasteiger charge is 2.32. The van der Waals surface area contributed by atoms with E-state index in [2.05, 4.69) is 9.72 Å². The normalized spacial score (nSPS) is 16.2. The molecule has 3 aromatic rings. The Morgan fingerprint density at radius 1 is 1.10 bits per heavy atom. The van der Waals surface area contributed by atoms with Crippen molar-refractivity contribution in [2.75, 3.05) is 0 Å². The Morgan fingerprint density at radius 2 is 1.87 bits per heavy atom. The van der Waals surface area contributed by atoms with Gasteiger partial charge in [0.25, 0.3) is 0 Å². The maximum Gasteiger partial charge on any atom is 0.573 e. The van der Waals surface area contributed by atoms with Crippen molar-refractivity contribution < 1.29 is 27.8 Å². The van der Waals surface area contributed by atoms with Crippen LogP contribution in [0.3, 0.4) is 0 Å². The van der Waals surface area contributed by atoms with Gasteiger partial charge in [0.1, 0.15) is 24.3 Å². The van der Waals surface area contributed by atoms with Gasteiger partial charge in [0.2, 0.25) is 0 Å². The van der Waals surface area contributed by atoms with Gasteiger partial charge in [0.05, 0.1) is 10.7 Å². The summed E-state index contributed by atoms with van der Waals surface area (Å²) < 4.78 is 46.6. The van der Waals surface area contributed by atoms with Crippen LogP contribution in [0, 0.1) is 0 Å². The minimum Gasteiger partial charge on any atom is -0.487 e. The molecule has 1 unspecified atom stereocenters. The molecule has 1 aromatic heterocycles. The van der Waals surface area contributed by atoms with Gasteiger partial charge >= 0.3 is 6.36 Å². The number of aliphatic hydroxyl groups excluding tert-OH is 1. The summed E-state index contributed by atoms with van der Waals surface area (Å²) in [5, 5.41) is 11.1. The lowest BCUT2D eigenvalue weighted by molar-refractivity contribution is -0.274. The molecule has 1 N–H and O–H groups in total. The molecule has 4 rings (SSSR count). The summed E-state index contributed by atoms with van der Waals surface area (Å²) in [4.78, 5) is 5.97. The number of pyridine rings is 1. The van der Waals surface area contributed by atoms with Crippen LogP contribution in [0.25, 0.3) is 0 Å². The van der Waals surface area contributed by atoms with Crippen molar-refractivity contribution in [3.63, 3.8) is 0 Å². The fourth-order valence-corrected chi connectivity index (χ4v) is 3.78. The number of alkyl halides is 3. The van der Waals surface area contributed by atoms with Crippen LogP contribution < -0.4 is 9.47 Å². The summed E-state index contributed by atoms with van der Waals surface area (Å²) in [5.41, 5.74) is 2.93. The van der Waals surface area contributed by atoms with Gasteiger partial charge in [-0.15, -0.1) is 13.2 Å². The van der Waals surface area contributed by atoms with Crippen LogP contribution in [-0.4, -0.2) is 21.4 Å². The highest BCUT2D eigenvalue weighted by atomic mass is 35.5. The Labute approximate surface area is 181 Å². The van der Waals surface area contributed by atoms with Crippen molar-refractivity contribution in [2.45, 2.75) is 32.3 Å². The summed E-state index contributed by atoms with van der Waals surface area (Å²) in [5.74, 6) is 0.274. The first-order valence-electron chi connectivity index (χ1n) is 9.40. The van der Waals surface area contributed by atoms with Gasteiger partial charge in [-0.2, -0.15) is 0 Å². The van der Waals surface area contributed by atoms with Gasteiger partial charge in [0.15, 0.2) is 0 Å². The Bertz CT molecular complexity index is 1050. The van der Waals surface area contributed by atoms with Crippen molar-refractivity contribution in [2.24, 2.45) is 0 Å². The molecule has 1 aliphatic rings. The second kappa shape index (κ2) is 8.74. The van der Waals surface area contributed by atoms with Gasteiger partial charge in [0, 0.05) is 24.8 Å². The van der Waals surface area contributed by atoms with Crippen LogP contribution in [0.1, 0.15) is 28.6 Å². The SMILES string of the molecule is OC1c2c(Cl)cc(OCc3ccccn3)cc2CN1Cc1ccc(OC(F)(F)F)cc1. The minimum atomic E-state index is -4.73. The van der Waals surface area contributed by atoms with E-state index in [1.54, 1.807) is 17.2 Å². The van der Waals surface area contributed by atoms with Crippen LogP contribution in [0.4, 0.5) is 13.2 Å². The summed E-state index contributed by atoms with van der Waals surface area (Å²) in [6, 6.07) is 14.6. The first-order valence-corrected chi connectivity index (χ1v) is 9.78. The quantitative estimate of drug-likeness (QED) is 0.558. The molecule has 0 bridgehead atoms. The molecule has 1 atom stereocenters. The third-order valence-corrected chi connectivity index (χ3v) is 5.13. The largest absolute Gasteiger partial charge is 0.573 e. The highest BCUT2D eigenvalue weighted by molar-refractivity contribution is 6.31. The second-order valence-electron chi connectivity index (χ2n) is 7.06. The van der Waals surface area contributed by atoms with Crippen LogP contribution >= 0.6 is 11.6 Å². The summed E-state index contributed by atoms with van der Waals surface area (Å²) in [7, 11) is 0. The summed E-state index contributed by atoms with van der Waals surface area (Å²) >= 11 is 6.40. The number of aromatic nitrogens is 1. The molecule has 0 radical (unpaired) electrons. The van der Waals surface area contributed by atoms with Gasteiger partial charge in [-0.1, -0.05) is 29.8 Å². The fraction of sp³-hybridized carbons (Fsp3) is 0.227. The third kappa shape index (κ3) is 5.28. The number of nitrogens with zero attached hydrogens (tertiary/aromatic N) is 2. The van der Waals surface area contributed by atoms with Crippen LogP contribution in [0.5, 0.6) is 11.5 Å². The first-order chi connectivity index (χ1) is 14.8. The number of fused-ring (bicyclic) bond motifs is 1. The zero-order chi connectivity index (χ0) is 22.0. The van der Waals surface area contributed by atoms with Gasteiger partial charge < -0.3 is 14.6 Å². The van der Waals surface area contributed by atoms with Gasteiger partial charge in [-0.25, -0.2) is 0 Å². The number of hydrogen-bond donors (Lipinski definition) is 1. The minimum absolute atomic E-state index is 0.286. The average Bonchev–Trinajstić information content (AvgIpc) is 3.03. The van der Waals surface area contributed by atoms with E-state index in [9.17, 15) is 18.3 Å². The zero-order valence-corrected chi connectivity index (χ0v) is 16.9. The molecule has 0 saturated carbocycles. The third-order valence-electron chi connectivity index (χ3n) is 4.82. The monoisotopic (exact) mass is 450 g/mol. The maximum absolute atomic E-state index is 12.3. The first kappa shape index (κ1) is 21.4. The van der Waals surface area contributed by atoms with Crippen LogP contribution in [0.2, 0.25) is 5.02 Å². The number of ether oxygens (including phenoxy) is 2. The molecular formula is C22H18ClF3N2O3. The summed E-state index contributed by atoms with van der Waals surface area (Å²) in [6.07, 6.45) is -3.98. The number of hydrogen-bond acceptors (Lipinski definition) is 5. The number of aliphatic hydroxyl groups is 1. The van der Waals surface area contributed by atoms with Crippen molar-refractivity contribution in [1.82, 2.24) is 9.88 Å². The molecule has 0 fully saturated rings. The predicted octanol–water partition coefficient (Wildman–Crippen LogP) is 5.22. The molecule has 2 heterocycles. The van der Waals surface area contributed by atoms with E-state index >= 15 is 0 Å². The maximum atomic E-state index is 12.3. The second-order valence-corrected chi connectivity index (χ2v) is 7.47. The molecule has 9 heteroatoms. The topological polar surface area (TPSA) is 54.8 Å². The Hall–Kier alpha value is -2.81. The molecule has 0 aliphatic carbocycles. The molecule has 0 spiro atoms. The van der Waals surface area contributed by atoms with Crippen LogP contribution in [0.15, 0.2) is 60.8 Å². The van der Waals surface area contributed by atoms with E-state index in [4.69, 9.17) is 16.3 Å². The number of halogens is 4. The zero-order valence-electron chi connectivity index (χ0n) is 16.1. The average molecular weight is 451 g/mol. The van der Waals surface area contributed by atoms with Gasteiger partial charge in [-0.05, 0) is 47.5 Å². The van der Waals surface area contributed by atoms with Crippen LogP contribution in [-0.2, 0) is 19.7 Å². The molecule has 1 aliphatic heterocycles. The standard InChI is InChI=1S/C22H18ClF3N2O3/c23-19-10-18(30-13-16-3-1-2-8-27-16)9-15-12-28(21(29)20(15)19)11-14-4-6-17(7-5-14)31-22(24,25)26/h1-10,21,29H,11-13H2. The van der Waals surface area contributed by atoms with E-state index in [0.29, 0.717) is 29.4 Å². The van der Waals surface area contributed by atoms with Crippen molar-refractivity contribution in [3.05, 3.63) is 88.2 Å². The molecule has 0 amide bonds. The number of rotatable bonds is 6. The molecule has 2 aromatic carbocycles. The lowest BCUT2D eigenvalue weighted by atomic mass is 10.1. The number of benzene rings is 2. The Kier molecular flexibility index (Phi) is 6.04. The van der Waals surface area contributed by atoms with Crippen molar-refractivity contribution >= 4 is 11.6 Å².